The number of aryl methyl sites for hydroxylation is 1. The second-order valence-corrected chi connectivity index (χ2v) is 6.30. The summed E-state index contributed by atoms with van der Waals surface area (Å²) >= 11 is 1.56. The molecule has 7 heteroatoms. The Kier molecular flexibility index (Phi) is 3.34. The van der Waals surface area contributed by atoms with Crippen molar-refractivity contribution in [1.82, 2.24) is 14.7 Å². The molecule has 0 saturated heterocycles. The third kappa shape index (κ3) is 2.70. The van der Waals surface area contributed by atoms with E-state index in [1.54, 1.807) is 23.5 Å². The highest BCUT2D eigenvalue weighted by Gasteiger charge is 2.16. The van der Waals surface area contributed by atoms with Gasteiger partial charge in [0.05, 0.1) is 12.2 Å². The number of benzene rings is 1. The summed E-state index contributed by atoms with van der Waals surface area (Å²) in [6.07, 6.45) is 4.98. The molecule has 0 bridgehead atoms. The topological polar surface area (TPSA) is 75.5 Å². The van der Waals surface area contributed by atoms with Gasteiger partial charge in [0.15, 0.2) is 4.96 Å². The highest BCUT2D eigenvalue weighted by atomic mass is 32.1. The monoisotopic (exact) mass is 326 g/mol. The van der Waals surface area contributed by atoms with Gasteiger partial charge in [0, 0.05) is 35.4 Å². The molecule has 1 aromatic carbocycles. The molecule has 23 heavy (non-hydrogen) atoms. The molecule has 2 amide bonds. The molecule has 0 atom stereocenters. The lowest BCUT2D eigenvalue weighted by Gasteiger charge is -2.17. The summed E-state index contributed by atoms with van der Waals surface area (Å²) in [5.74, 6) is -0.115. The number of aromatic nitrogens is 2. The van der Waals surface area contributed by atoms with Crippen LogP contribution in [0.5, 0.6) is 0 Å². The first kappa shape index (κ1) is 14.0. The number of hydrogen-bond acceptors (Lipinski definition) is 4. The molecule has 6 nitrogen and oxygen atoms in total. The van der Waals surface area contributed by atoms with E-state index in [1.807, 2.05) is 28.2 Å². The van der Waals surface area contributed by atoms with Crippen molar-refractivity contribution in [2.75, 3.05) is 5.32 Å². The molecule has 2 N–H and O–H groups in total. The molecule has 0 unspecified atom stereocenters. The highest BCUT2D eigenvalue weighted by Crippen LogP contribution is 2.23. The van der Waals surface area contributed by atoms with Gasteiger partial charge in [-0.15, -0.1) is 11.3 Å². The van der Waals surface area contributed by atoms with Crippen LogP contribution in [0.15, 0.2) is 36.0 Å². The van der Waals surface area contributed by atoms with Crippen LogP contribution in [0.1, 0.15) is 28.0 Å². The van der Waals surface area contributed by atoms with E-state index in [9.17, 15) is 9.59 Å². The van der Waals surface area contributed by atoms with Crippen LogP contribution in [-0.4, -0.2) is 21.2 Å². The van der Waals surface area contributed by atoms with Crippen molar-refractivity contribution >= 4 is 33.8 Å². The van der Waals surface area contributed by atoms with E-state index in [1.165, 1.54) is 0 Å². The second kappa shape index (κ2) is 5.51. The summed E-state index contributed by atoms with van der Waals surface area (Å²) in [5, 5.41) is 7.67. The molecule has 4 rings (SSSR count). The average Bonchev–Trinajstić information content (AvgIpc) is 3.13. The normalized spacial score (nSPS) is 13.7. The minimum atomic E-state index is -0.138. The second-order valence-electron chi connectivity index (χ2n) is 5.43. The first-order valence-corrected chi connectivity index (χ1v) is 8.19. The van der Waals surface area contributed by atoms with Crippen LogP contribution in [0.25, 0.3) is 4.96 Å². The number of hydrogen-bond donors (Lipinski definition) is 2. The van der Waals surface area contributed by atoms with Gasteiger partial charge in [-0.1, -0.05) is 0 Å². The number of anilines is 1. The van der Waals surface area contributed by atoms with Gasteiger partial charge in [0.2, 0.25) is 5.91 Å². The van der Waals surface area contributed by atoms with Crippen LogP contribution in [0.4, 0.5) is 5.69 Å². The van der Waals surface area contributed by atoms with Gasteiger partial charge >= 0.3 is 0 Å². The SMILES string of the molecule is O=C1CCc2cc(C(=O)NCc3cn4ccsc4n3)ccc2N1. The van der Waals surface area contributed by atoms with Gasteiger partial charge < -0.3 is 10.6 Å². The van der Waals surface area contributed by atoms with E-state index < -0.39 is 0 Å². The predicted octanol–water partition coefficient (Wildman–Crippen LogP) is 2.21. The molecule has 1 aliphatic rings. The molecule has 0 spiro atoms. The van der Waals surface area contributed by atoms with E-state index in [4.69, 9.17) is 0 Å². The van der Waals surface area contributed by atoms with Gasteiger partial charge in [-0.25, -0.2) is 4.98 Å². The van der Waals surface area contributed by atoms with E-state index in [-0.39, 0.29) is 11.8 Å². The summed E-state index contributed by atoms with van der Waals surface area (Å²) in [5.41, 5.74) is 3.23. The zero-order valence-electron chi connectivity index (χ0n) is 12.2. The molecule has 116 valence electrons. The van der Waals surface area contributed by atoms with Crippen molar-refractivity contribution in [3.05, 3.63) is 52.8 Å². The summed E-state index contributed by atoms with van der Waals surface area (Å²) in [4.78, 5) is 29.0. The lowest BCUT2D eigenvalue weighted by molar-refractivity contribution is -0.116. The maximum absolute atomic E-state index is 12.3. The van der Waals surface area contributed by atoms with Crippen molar-refractivity contribution in [3.63, 3.8) is 0 Å². The van der Waals surface area contributed by atoms with E-state index >= 15 is 0 Å². The van der Waals surface area contributed by atoms with Crippen LogP contribution >= 0.6 is 11.3 Å². The number of nitrogens with one attached hydrogen (secondary N) is 2. The van der Waals surface area contributed by atoms with Crippen LogP contribution in [0, 0.1) is 0 Å². The fraction of sp³-hybridized carbons (Fsp3) is 0.188. The molecule has 0 saturated carbocycles. The standard InChI is InChI=1S/C16H14N4O2S/c21-14-4-2-10-7-11(1-3-13(10)19-14)15(22)17-8-12-9-20-5-6-23-16(20)18-12/h1,3,5-7,9H,2,4,8H2,(H,17,22)(H,19,21). The maximum atomic E-state index is 12.3. The first-order valence-electron chi connectivity index (χ1n) is 7.31. The third-order valence-corrected chi connectivity index (χ3v) is 4.61. The Hall–Kier alpha value is -2.67. The van der Waals surface area contributed by atoms with Crippen molar-refractivity contribution in [1.29, 1.82) is 0 Å². The zero-order chi connectivity index (χ0) is 15.8. The minimum absolute atomic E-state index is 0.0226. The van der Waals surface area contributed by atoms with E-state index in [0.29, 0.717) is 24.9 Å². The number of carbonyl (C=O) groups is 2. The number of nitrogens with zero attached hydrogens (tertiary/aromatic N) is 2. The summed E-state index contributed by atoms with van der Waals surface area (Å²) in [6.45, 7) is 0.390. The maximum Gasteiger partial charge on any atom is 0.251 e. The Morgan fingerprint density at radius 2 is 2.30 bits per heavy atom. The summed E-state index contributed by atoms with van der Waals surface area (Å²) in [7, 11) is 0. The van der Waals surface area contributed by atoms with Crippen molar-refractivity contribution in [2.24, 2.45) is 0 Å². The molecule has 3 heterocycles. The molecular formula is C16H14N4O2S. The fourth-order valence-corrected chi connectivity index (χ4v) is 3.38. The van der Waals surface area contributed by atoms with Gasteiger partial charge in [0.25, 0.3) is 5.91 Å². The average molecular weight is 326 g/mol. The van der Waals surface area contributed by atoms with Crippen molar-refractivity contribution in [3.8, 4) is 0 Å². The Morgan fingerprint density at radius 3 is 3.17 bits per heavy atom. The van der Waals surface area contributed by atoms with E-state index in [2.05, 4.69) is 15.6 Å². The number of imidazole rings is 1. The van der Waals surface area contributed by atoms with Crippen LogP contribution in [0.3, 0.4) is 0 Å². The lowest BCUT2D eigenvalue weighted by atomic mass is 10.00. The van der Waals surface area contributed by atoms with Gasteiger partial charge in [0.1, 0.15) is 0 Å². The Labute approximate surface area is 136 Å². The number of carbonyl (C=O) groups excluding carboxylic acids is 2. The van der Waals surface area contributed by atoms with Crippen LogP contribution < -0.4 is 10.6 Å². The van der Waals surface area contributed by atoms with Gasteiger partial charge in [-0.3, -0.25) is 14.0 Å². The third-order valence-electron chi connectivity index (χ3n) is 3.84. The Balaban J connectivity index is 1.46. The Bertz CT molecular complexity index is 883. The minimum Gasteiger partial charge on any atom is -0.346 e. The number of thiazole rings is 1. The molecular weight excluding hydrogens is 312 g/mol. The summed E-state index contributed by atoms with van der Waals surface area (Å²) < 4.78 is 1.94. The largest absolute Gasteiger partial charge is 0.346 e. The summed E-state index contributed by atoms with van der Waals surface area (Å²) in [6, 6.07) is 5.36. The lowest BCUT2D eigenvalue weighted by Crippen LogP contribution is -2.24. The van der Waals surface area contributed by atoms with Crippen LogP contribution in [-0.2, 0) is 17.8 Å². The van der Waals surface area contributed by atoms with Gasteiger partial charge in [-0.2, -0.15) is 0 Å². The number of amides is 2. The molecule has 0 radical (unpaired) electrons. The first-order chi connectivity index (χ1) is 11.2. The van der Waals surface area contributed by atoms with Gasteiger partial charge in [-0.05, 0) is 30.2 Å². The molecule has 1 aliphatic heterocycles. The van der Waals surface area contributed by atoms with E-state index in [0.717, 1.165) is 21.9 Å². The molecule has 0 fully saturated rings. The predicted molar refractivity (Wildman–Crippen MR) is 87.6 cm³/mol. The number of fused-ring (bicyclic) bond motifs is 2. The molecule has 2 aromatic heterocycles. The van der Waals surface area contributed by atoms with Crippen molar-refractivity contribution in [2.45, 2.75) is 19.4 Å². The van der Waals surface area contributed by atoms with Crippen LogP contribution in [0.2, 0.25) is 0 Å². The fourth-order valence-electron chi connectivity index (χ4n) is 2.66. The van der Waals surface area contributed by atoms with Crippen molar-refractivity contribution < 1.29 is 9.59 Å². The quantitative estimate of drug-likeness (QED) is 0.775. The number of rotatable bonds is 3. The zero-order valence-corrected chi connectivity index (χ0v) is 13.0. The molecule has 0 aliphatic carbocycles. The molecule has 3 aromatic rings. The Morgan fingerprint density at radius 1 is 1.39 bits per heavy atom. The smallest absolute Gasteiger partial charge is 0.251 e. The highest BCUT2D eigenvalue weighted by molar-refractivity contribution is 7.15.